The van der Waals surface area contributed by atoms with Crippen LogP contribution in [0.15, 0.2) is 59.6 Å². The van der Waals surface area contributed by atoms with E-state index < -0.39 is 0 Å². The number of nitrogens with zero attached hydrogens (tertiary/aromatic N) is 4. The summed E-state index contributed by atoms with van der Waals surface area (Å²) in [4.78, 5) is 16.4. The van der Waals surface area contributed by atoms with Crippen molar-refractivity contribution in [3.05, 3.63) is 65.1 Å². The molecule has 0 radical (unpaired) electrons. The van der Waals surface area contributed by atoms with Crippen molar-refractivity contribution in [2.24, 2.45) is 0 Å². The third-order valence-electron chi connectivity index (χ3n) is 5.18. The fourth-order valence-electron chi connectivity index (χ4n) is 3.76. The van der Waals surface area contributed by atoms with Crippen LogP contribution in [0.2, 0.25) is 0 Å². The van der Waals surface area contributed by atoms with E-state index in [0.29, 0.717) is 23.1 Å². The van der Waals surface area contributed by atoms with Gasteiger partial charge in [0.15, 0.2) is 11.0 Å². The molecule has 1 aromatic carbocycles. The Balaban J connectivity index is 1.56. The highest BCUT2D eigenvalue weighted by Gasteiger charge is 2.34. The SMILES string of the molecule is C=CCn1c(SC(C)C(=O)N2CCCC2c2cccs2)nnc1-c1ccccc1F. The van der Waals surface area contributed by atoms with E-state index >= 15 is 0 Å². The summed E-state index contributed by atoms with van der Waals surface area (Å²) in [6.45, 7) is 6.89. The van der Waals surface area contributed by atoms with E-state index in [9.17, 15) is 9.18 Å². The quantitative estimate of drug-likeness (QED) is 0.374. The first-order valence-corrected chi connectivity index (χ1v) is 11.7. The summed E-state index contributed by atoms with van der Waals surface area (Å²) in [7, 11) is 0. The van der Waals surface area contributed by atoms with Gasteiger partial charge in [-0.2, -0.15) is 0 Å². The van der Waals surface area contributed by atoms with E-state index in [0.717, 1.165) is 19.4 Å². The molecule has 1 aliphatic rings. The summed E-state index contributed by atoms with van der Waals surface area (Å²) >= 11 is 3.05. The van der Waals surface area contributed by atoms with Crippen molar-refractivity contribution in [1.29, 1.82) is 0 Å². The molecule has 1 amide bonds. The molecule has 2 aromatic heterocycles. The van der Waals surface area contributed by atoms with Gasteiger partial charge in [0.25, 0.3) is 0 Å². The molecule has 0 aliphatic carbocycles. The maximum absolute atomic E-state index is 14.3. The minimum absolute atomic E-state index is 0.0940. The number of hydrogen-bond acceptors (Lipinski definition) is 5. The lowest BCUT2D eigenvalue weighted by atomic mass is 10.2. The van der Waals surface area contributed by atoms with Gasteiger partial charge in [0.1, 0.15) is 5.82 Å². The van der Waals surface area contributed by atoms with E-state index in [1.165, 1.54) is 22.7 Å². The second-order valence-electron chi connectivity index (χ2n) is 7.15. The van der Waals surface area contributed by atoms with Crippen LogP contribution in [0.1, 0.15) is 30.7 Å². The smallest absolute Gasteiger partial charge is 0.236 e. The van der Waals surface area contributed by atoms with Crippen LogP contribution in [0.5, 0.6) is 0 Å². The zero-order chi connectivity index (χ0) is 21.1. The van der Waals surface area contributed by atoms with Crippen LogP contribution in [0.4, 0.5) is 4.39 Å². The number of rotatable bonds is 7. The van der Waals surface area contributed by atoms with Gasteiger partial charge in [-0.25, -0.2) is 4.39 Å². The maximum Gasteiger partial charge on any atom is 0.236 e. The number of carbonyl (C=O) groups excluding carboxylic acids is 1. The second kappa shape index (κ2) is 9.14. The van der Waals surface area contributed by atoms with Crippen molar-refractivity contribution in [3.8, 4) is 11.4 Å². The molecule has 30 heavy (non-hydrogen) atoms. The van der Waals surface area contributed by atoms with E-state index in [4.69, 9.17) is 0 Å². The molecular weight excluding hydrogens is 419 g/mol. The van der Waals surface area contributed by atoms with Crippen LogP contribution in [0, 0.1) is 5.82 Å². The van der Waals surface area contributed by atoms with E-state index in [2.05, 4.69) is 28.2 Å². The number of aromatic nitrogens is 3. The molecule has 0 N–H and O–H groups in total. The Hall–Kier alpha value is -2.45. The van der Waals surface area contributed by atoms with E-state index in [1.807, 2.05) is 17.9 Å². The van der Waals surface area contributed by atoms with Crippen molar-refractivity contribution in [1.82, 2.24) is 19.7 Å². The van der Waals surface area contributed by atoms with Crippen LogP contribution < -0.4 is 0 Å². The van der Waals surface area contributed by atoms with Gasteiger partial charge in [-0.15, -0.1) is 28.1 Å². The number of carbonyl (C=O) groups is 1. The van der Waals surface area contributed by atoms with Gasteiger partial charge in [0.2, 0.25) is 5.91 Å². The Morgan fingerprint density at radius 2 is 2.20 bits per heavy atom. The van der Waals surface area contributed by atoms with Crippen molar-refractivity contribution in [2.75, 3.05) is 6.54 Å². The van der Waals surface area contributed by atoms with E-state index in [1.54, 1.807) is 40.2 Å². The first kappa shape index (κ1) is 20.8. The predicted molar refractivity (Wildman–Crippen MR) is 119 cm³/mol. The topological polar surface area (TPSA) is 51.0 Å². The monoisotopic (exact) mass is 442 g/mol. The van der Waals surface area contributed by atoms with Crippen molar-refractivity contribution in [2.45, 2.75) is 42.8 Å². The first-order valence-electron chi connectivity index (χ1n) is 9.89. The number of likely N-dealkylation sites (tertiary alicyclic amines) is 1. The minimum atomic E-state index is -0.355. The van der Waals surface area contributed by atoms with Crippen LogP contribution >= 0.6 is 23.1 Å². The summed E-state index contributed by atoms with van der Waals surface area (Å²) in [5.74, 6) is 0.177. The molecule has 4 rings (SSSR count). The van der Waals surface area contributed by atoms with Gasteiger partial charge in [-0.05, 0) is 43.3 Å². The van der Waals surface area contributed by atoms with Gasteiger partial charge < -0.3 is 4.90 Å². The zero-order valence-corrected chi connectivity index (χ0v) is 18.3. The number of thiophene rings is 1. The average molecular weight is 443 g/mol. The summed E-state index contributed by atoms with van der Waals surface area (Å²) < 4.78 is 16.1. The number of halogens is 1. The van der Waals surface area contributed by atoms with Crippen molar-refractivity contribution < 1.29 is 9.18 Å². The standard InChI is InChI=1S/C22H23FN4OS2/c1-3-12-27-20(16-8-4-5-9-17(16)23)24-25-22(27)30-15(2)21(28)26-13-6-10-18(26)19-11-7-14-29-19/h3-5,7-9,11,14-15,18H,1,6,10,12-13H2,2H3. The predicted octanol–water partition coefficient (Wildman–Crippen LogP) is 5.18. The number of benzene rings is 1. The Morgan fingerprint density at radius 1 is 1.37 bits per heavy atom. The van der Waals surface area contributed by atoms with Gasteiger partial charge in [-0.3, -0.25) is 9.36 Å². The third-order valence-corrected chi connectivity index (χ3v) is 7.22. The second-order valence-corrected chi connectivity index (χ2v) is 9.44. The van der Waals surface area contributed by atoms with Crippen molar-refractivity contribution in [3.63, 3.8) is 0 Å². The molecule has 8 heteroatoms. The number of amides is 1. The number of hydrogen-bond donors (Lipinski definition) is 0. The Labute approximate surface area is 183 Å². The molecule has 156 valence electrons. The lowest BCUT2D eigenvalue weighted by molar-refractivity contribution is -0.131. The van der Waals surface area contributed by atoms with Crippen LogP contribution in [-0.2, 0) is 11.3 Å². The molecule has 3 aromatic rings. The molecule has 2 atom stereocenters. The molecule has 3 heterocycles. The molecule has 0 saturated carbocycles. The highest BCUT2D eigenvalue weighted by molar-refractivity contribution is 8.00. The van der Waals surface area contributed by atoms with Gasteiger partial charge in [-0.1, -0.05) is 36.0 Å². The molecule has 1 saturated heterocycles. The van der Waals surface area contributed by atoms with Gasteiger partial charge in [0, 0.05) is 18.0 Å². The minimum Gasteiger partial charge on any atom is -0.334 e. The first-order chi connectivity index (χ1) is 14.6. The number of thioether (sulfide) groups is 1. The molecule has 1 aliphatic heterocycles. The third kappa shape index (κ3) is 4.06. The Morgan fingerprint density at radius 3 is 2.93 bits per heavy atom. The van der Waals surface area contributed by atoms with Crippen LogP contribution in [0.3, 0.4) is 0 Å². The summed E-state index contributed by atoms with van der Waals surface area (Å²) in [6, 6.07) is 10.8. The van der Waals surface area contributed by atoms with Crippen LogP contribution in [-0.4, -0.2) is 37.4 Å². The zero-order valence-electron chi connectivity index (χ0n) is 16.7. The fourth-order valence-corrected chi connectivity index (χ4v) is 5.56. The summed E-state index contributed by atoms with van der Waals surface area (Å²) in [5, 5.41) is 10.8. The van der Waals surface area contributed by atoms with Gasteiger partial charge >= 0.3 is 0 Å². The fraction of sp³-hybridized carbons (Fsp3) is 0.318. The molecule has 0 spiro atoms. The lowest BCUT2D eigenvalue weighted by Crippen LogP contribution is -2.36. The molecular formula is C22H23FN4OS2. The maximum atomic E-state index is 14.3. The highest BCUT2D eigenvalue weighted by Crippen LogP contribution is 2.37. The molecule has 0 bridgehead atoms. The Bertz CT molecular complexity index is 1030. The highest BCUT2D eigenvalue weighted by atomic mass is 32.2. The molecule has 1 fully saturated rings. The lowest BCUT2D eigenvalue weighted by Gasteiger charge is -2.26. The normalized spacial score (nSPS) is 17.3. The molecule has 5 nitrogen and oxygen atoms in total. The van der Waals surface area contributed by atoms with Crippen molar-refractivity contribution >= 4 is 29.0 Å². The van der Waals surface area contributed by atoms with Gasteiger partial charge in [0.05, 0.1) is 16.9 Å². The molecule has 2 unspecified atom stereocenters. The summed E-state index contributed by atoms with van der Waals surface area (Å²) in [6.07, 6.45) is 3.72. The Kier molecular flexibility index (Phi) is 6.34. The average Bonchev–Trinajstić information content (AvgIpc) is 3.49. The largest absolute Gasteiger partial charge is 0.334 e. The van der Waals surface area contributed by atoms with Crippen LogP contribution in [0.25, 0.3) is 11.4 Å². The summed E-state index contributed by atoms with van der Waals surface area (Å²) in [5.41, 5.74) is 0.384. The number of allylic oxidation sites excluding steroid dienone is 1. The van der Waals surface area contributed by atoms with E-state index in [-0.39, 0.29) is 23.0 Å².